The van der Waals surface area contributed by atoms with E-state index in [1.807, 2.05) is 24.3 Å². The van der Waals surface area contributed by atoms with Gasteiger partial charge in [0.2, 0.25) is 0 Å². The van der Waals surface area contributed by atoms with Gasteiger partial charge in [0.15, 0.2) is 17.5 Å². The molecule has 0 atom stereocenters. The lowest BCUT2D eigenvalue weighted by molar-refractivity contribution is 0.660. The van der Waals surface area contributed by atoms with Gasteiger partial charge in [0.1, 0.15) is 0 Å². The van der Waals surface area contributed by atoms with Crippen LogP contribution in [0, 0.1) is 0 Å². The van der Waals surface area contributed by atoms with Gasteiger partial charge in [-0.15, -0.1) is 0 Å². The lowest BCUT2D eigenvalue weighted by Gasteiger charge is -2.21. The van der Waals surface area contributed by atoms with E-state index < -0.39 is 0 Å². The molecule has 0 saturated carbocycles. The second-order valence-corrected chi connectivity index (χ2v) is 13.7. The number of hydrogen-bond acceptors (Lipinski definition) is 3. The summed E-state index contributed by atoms with van der Waals surface area (Å²) in [5, 5.41) is 0. The Hall–Kier alpha value is -6.45. The molecule has 1 aliphatic rings. The minimum atomic E-state index is -0.0683. The second kappa shape index (κ2) is 12.5. The lowest BCUT2D eigenvalue weighted by Crippen LogP contribution is -2.14. The summed E-state index contributed by atoms with van der Waals surface area (Å²) in [7, 11) is 0. The van der Waals surface area contributed by atoms with Crippen molar-refractivity contribution in [1.82, 2.24) is 15.0 Å². The molecule has 0 aliphatic heterocycles. The van der Waals surface area contributed by atoms with Crippen LogP contribution in [0.5, 0.6) is 0 Å². The second-order valence-electron chi connectivity index (χ2n) is 13.7. The van der Waals surface area contributed by atoms with Gasteiger partial charge < -0.3 is 0 Å². The highest BCUT2D eigenvalue weighted by Gasteiger charge is 2.35. The summed E-state index contributed by atoms with van der Waals surface area (Å²) in [5.74, 6) is 1.92. The van der Waals surface area contributed by atoms with Crippen molar-refractivity contribution in [3.05, 3.63) is 187 Å². The minimum absolute atomic E-state index is 0.0683. The molecule has 0 unspecified atom stereocenters. The number of hydrogen-bond donors (Lipinski definition) is 0. The highest BCUT2D eigenvalue weighted by atomic mass is 15.0. The van der Waals surface area contributed by atoms with Crippen LogP contribution in [-0.2, 0) is 5.41 Å². The Morgan fingerprint density at radius 1 is 0.294 bits per heavy atom. The third-order valence-electron chi connectivity index (χ3n) is 10.2. The van der Waals surface area contributed by atoms with Crippen molar-refractivity contribution in [2.75, 3.05) is 0 Å². The molecule has 3 nitrogen and oxygen atoms in total. The molecule has 1 heterocycles. The molecule has 0 fully saturated rings. The van der Waals surface area contributed by atoms with Crippen LogP contribution in [0.25, 0.3) is 78.7 Å². The van der Waals surface area contributed by atoms with Crippen LogP contribution in [0.3, 0.4) is 0 Å². The number of nitrogens with zero attached hydrogens (tertiary/aromatic N) is 3. The molecule has 0 amide bonds. The van der Waals surface area contributed by atoms with Gasteiger partial charge in [-0.05, 0) is 79.9 Å². The molecule has 0 spiro atoms. The van der Waals surface area contributed by atoms with Crippen LogP contribution in [0.2, 0.25) is 0 Å². The van der Waals surface area contributed by atoms with Crippen molar-refractivity contribution in [3.63, 3.8) is 0 Å². The summed E-state index contributed by atoms with van der Waals surface area (Å²) < 4.78 is 0. The summed E-state index contributed by atoms with van der Waals surface area (Å²) in [4.78, 5) is 15.5. The first-order chi connectivity index (χ1) is 25.0. The van der Waals surface area contributed by atoms with Gasteiger partial charge in [-0.3, -0.25) is 0 Å². The van der Waals surface area contributed by atoms with Crippen molar-refractivity contribution in [2.24, 2.45) is 0 Å². The molecule has 0 saturated heterocycles. The summed E-state index contributed by atoms with van der Waals surface area (Å²) in [6.45, 7) is 4.64. The Morgan fingerprint density at radius 3 is 1.49 bits per heavy atom. The van der Waals surface area contributed by atoms with E-state index in [0.717, 1.165) is 50.1 Å². The van der Waals surface area contributed by atoms with Crippen molar-refractivity contribution >= 4 is 0 Å². The average Bonchev–Trinajstić information content (AvgIpc) is 3.44. The average molecular weight is 654 g/mol. The molecule has 0 N–H and O–H groups in total. The Morgan fingerprint density at radius 2 is 0.784 bits per heavy atom. The first kappa shape index (κ1) is 30.6. The third kappa shape index (κ3) is 5.53. The molecule has 51 heavy (non-hydrogen) atoms. The smallest absolute Gasteiger partial charge is 0.164 e. The number of aromatic nitrogens is 3. The van der Waals surface area contributed by atoms with Crippen molar-refractivity contribution in [1.29, 1.82) is 0 Å². The summed E-state index contributed by atoms with van der Waals surface area (Å²) in [6, 6.07) is 62.0. The molecule has 9 rings (SSSR count). The van der Waals surface area contributed by atoms with E-state index >= 15 is 0 Å². The predicted molar refractivity (Wildman–Crippen MR) is 210 cm³/mol. The van der Waals surface area contributed by atoms with Crippen LogP contribution in [0.1, 0.15) is 25.0 Å². The van der Waals surface area contributed by atoms with Gasteiger partial charge in [-0.1, -0.05) is 166 Å². The Kier molecular flexibility index (Phi) is 7.48. The summed E-state index contributed by atoms with van der Waals surface area (Å²) in [6.07, 6.45) is 0. The van der Waals surface area contributed by atoms with Gasteiger partial charge in [-0.2, -0.15) is 0 Å². The maximum absolute atomic E-state index is 5.23. The standard InChI is InChI=1S/C48H35N3/c1-48(2)43-24-13-12-23-39(43)42-31-37(26-28-44(42)48)41-30-36(33-17-8-4-9-18-33)25-27-40(41)47-50-45(34-19-10-5-11-20-34)49-46(51-47)38-22-14-21-35(29-38)32-15-6-3-7-16-32/h3-31H,1-2H3. The highest BCUT2D eigenvalue weighted by molar-refractivity contribution is 5.90. The molecular weight excluding hydrogens is 619 g/mol. The summed E-state index contributed by atoms with van der Waals surface area (Å²) in [5.41, 5.74) is 14.8. The van der Waals surface area contributed by atoms with Gasteiger partial charge in [-0.25, -0.2) is 15.0 Å². The Bertz CT molecular complexity index is 2540. The van der Waals surface area contributed by atoms with E-state index in [2.05, 4.69) is 166 Å². The van der Waals surface area contributed by atoms with Crippen molar-refractivity contribution < 1.29 is 0 Å². The predicted octanol–water partition coefficient (Wildman–Crippen LogP) is 12.2. The summed E-state index contributed by atoms with van der Waals surface area (Å²) >= 11 is 0. The molecule has 0 bridgehead atoms. The third-order valence-corrected chi connectivity index (χ3v) is 10.2. The van der Waals surface area contributed by atoms with Crippen LogP contribution in [0.15, 0.2) is 176 Å². The fourth-order valence-corrected chi connectivity index (χ4v) is 7.49. The van der Waals surface area contributed by atoms with E-state index in [-0.39, 0.29) is 5.41 Å². The minimum Gasteiger partial charge on any atom is -0.208 e. The topological polar surface area (TPSA) is 38.7 Å². The van der Waals surface area contributed by atoms with Crippen molar-refractivity contribution in [3.8, 4) is 78.7 Å². The zero-order valence-electron chi connectivity index (χ0n) is 28.6. The first-order valence-electron chi connectivity index (χ1n) is 17.4. The van der Waals surface area contributed by atoms with Gasteiger partial charge in [0.05, 0.1) is 0 Å². The number of benzene rings is 7. The monoisotopic (exact) mass is 653 g/mol. The fourth-order valence-electron chi connectivity index (χ4n) is 7.49. The molecule has 1 aliphatic carbocycles. The van der Waals surface area contributed by atoms with E-state index in [1.165, 1.54) is 22.3 Å². The number of fused-ring (bicyclic) bond motifs is 3. The SMILES string of the molecule is CC1(C)c2ccccc2-c2cc(-c3cc(-c4ccccc4)ccc3-c3nc(-c4ccccc4)nc(-c4cccc(-c5ccccc5)c4)n3)ccc21. The zero-order chi connectivity index (χ0) is 34.4. The van der Waals surface area contributed by atoms with Crippen LogP contribution in [-0.4, -0.2) is 15.0 Å². The quantitative estimate of drug-likeness (QED) is 0.179. The molecule has 8 aromatic rings. The van der Waals surface area contributed by atoms with Crippen molar-refractivity contribution in [2.45, 2.75) is 19.3 Å². The van der Waals surface area contributed by atoms with Gasteiger partial charge >= 0.3 is 0 Å². The lowest BCUT2D eigenvalue weighted by atomic mass is 9.82. The molecule has 1 aromatic heterocycles. The molecule has 0 radical (unpaired) electrons. The van der Waals surface area contributed by atoms with E-state index in [4.69, 9.17) is 15.0 Å². The maximum atomic E-state index is 5.23. The van der Waals surface area contributed by atoms with Crippen LogP contribution >= 0.6 is 0 Å². The normalized spacial score (nSPS) is 12.7. The largest absolute Gasteiger partial charge is 0.208 e. The van der Waals surface area contributed by atoms with Gasteiger partial charge in [0.25, 0.3) is 0 Å². The first-order valence-corrected chi connectivity index (χ1v) is 17.4. The van der Waals surface area contributed by atoms with Crippen LogP contribution < -0.4 is 0 Å². The fraction of sp³-hybridized carbons (Fsp3) is 0.0625. The van der Waals surface area contributed by atoms with E-state index in [0.29, 0.717) is 17.5 Å². The van der Waals surface area contributed by atoms with Crippen LogP contribution in [0.4, 0.5) is 0 Å². The number of rotatable bonds is 6. The maximum Gasteiger partial charge on any atom is 0.164 e. The zero-order valence-corrected chi connectivity index (χ0v) is 28.6. The molecular formula is C48H35N3. The van der Waals surface area contributed by atoms with E-state index in [1.54, 1.807) is 0 Å². The molecule has 242 valence electrons. The molecule has 7 aromatic carbocycles. The molecule has 3 heteroatoms. The highest BCUT2D eigenvalue weighted by Crippen LogP contribution is 2.50. The van der Waals surface area contributed by atoms with E-state index in [9.17, 15) is 0 Å². The Labute approximate surface area is 299 Å². The Balaban J connectivity index is 1.26. The van der Waals surface area contributed by atoms with Gasteiger partial charge in [0, 0.05) is 22.1 Å².